The molecule has 1 amide bonds. The second-order valence-electron chi connectivity index (χ2n) is 4.42. The predicted octanol–water partition coefficient (Wildman–Crippen LogP) is 1.22. The van der Waals surface area contributed by atoms with Gasteiger partial charge in [-0.25, -0.2) is 4.39 Å². The molecule has 0 spiro atoms. The van der Waals surface area contributed by atoms with E-state index in [0.717, 1.165) is 37.6 Å². The van der Waals surface area contributed by atoms with Crippen LogP contribution in [0.25, 0.3) is 0 Å². The van der Waals surface area contributed by atoms with Crippen LogP contribution >= 0.6 is 0 Å². The van der Waals surface area contributed by atoms with E-state index in [2.05, 4.69) is 10.6 Å². The highest BCUT2D eigenvalue weighted by Gasteiger charge is 2.22. The maximum Gasteiger partial charge on any atom is 0.282 e. The quantitative estimate of drug-likeness (QED) is 0.634. The van der Waals surface area contributed by atoms with Crippen molar-refractivity contribution in [2.24, 2.45) is 0 Å². The Labute approximate surface area is 109 Å². The fraction of sp³-hybridized carbons (Fsp3) is 0.417. The van der Waals surface area contributed by atoms with Crippen molar-refractivity contribution < 1.29 is 14.1 Å². The van der Waals surface area contributed by atoms with Crippen LogP contribution in [0.1, 0.15) is 23.2 Å². The number of amides is 1. The van der Waals surface area contributed by atoms with Gasteiger partial charge >= 0.3 is 0 Å². The van der Waals surface area contributed by atoms with Gasteiger partial charge in [-0.3, -0.25) is 14.9 Å². The number of halogens is 1. The van der Waals surface area contributed by atoms with Gasteiger partial charge in [0, 0.05) is 18.7 Å². The van der Waals surface area contributed by atoms with Crippen LogP contribution in [0.2, 0.25) is 0 Å². The Morgan fingerprint density at radius 3 is 3.00 bits per heavy atom. The lowest BCUT2D eigenvalue weighted by Gasteiger charge is -2.11. The molecule has 0 aliphatic carbocycles. The second kappa shape index (κ2) is 5.75. The Bertz CT molecular complexity index is 501. The average molecular weight is 267 g/mol. The minimum absolute atomic E-state index is 0.177. The van der Waals surface area contributed by atoms with Gasteiger partial charge in [-0.2, -0.15) is 0 Å². The first-order valence-corrected chi connectivity index (χ1v) is 6.03. The number of nitro groups is 1. The van der Waals surface area contributed by atoms with Crippen LogP contribution in [-0.4, -0.2) is 30.0 Å². The highest BCUT2D eigenvalue weighted by molar-refractivity contribution is 5.98. The zero-order valence-corrected chi connectivity index (χ0v) is 10.2. The predicted molar refractivity (Wildman–Crippen MR) is 66.4 cm³/mol. The van der Waals surface area contributed by atoms with E-state index in [4.69, 9.17) is 0 Å². The van der Waals surface area contributed by atoms with Gasteiger partial charge in [-0.15, -0.1) is 0 Å². The standard InChI is InChI=1S/C12H14FN3O3/c13-8-3-4-11(16(18)19)10(6-8)12(17)15-7-9-2-1-5-14-9/h3-4,6,9,14H,1-2,5,7H2,(H,15,17). The van der Waals surface area contributed by atoms with Crippen LogP contribution in [0.5, 0.6) is 0 Å². The van der Waals surface area contributed by atoms with Crippen molar-refractivity contribution in [1.29, 1.82) is 0 Å². The molecule has 1 unspecified atom stereocenters. The first-order chi connectivity index (χ1) is 9.08. The van der Waals surface area contributed by atoms with E-state index in [0.29, 0.717) is 6.54 Å². The normalized spacial score (nSPS) is 18.3. The highest BCUT2D eigenvalue weighted by Crippen LogP contribution is 2.19. The summed E-state index contributed by atoms with van der Waals surface area (Å²) >= 11 is 0. The lowest BCUT2D eigenvalue weighted by atomic mass is 10.1. The minimum atomic E-state index is -0.692. The van der Waals surface area contributed by atoms with Crippen LogP contribution < -0.4 is 10.6 Å². The number of benzene rings is 1. The summed E-state index contributed by atoms with van der Waals surface area (Å²) in [6.45, 7) is 1.28. The van der Waals surface area contributed by atoms with Gasteiger partial charge in [-0.1, -0.05) is 0 Å². The molecule has 19 heavy (non-hydrogen) atoms. The summed E-state index contributed by atoms with van der Waals surface area (Å²) in [4.78, 5) is 22.0. The largest absolute Gasteiger partial charge is 0.350 e. The molecular weight excluding hydrogens is 253 g/mol. The third-order valence-electron chi connectivity index (χ3n) is 3.07. The lowest BCUT2D eigenvalue weighted by Crippen LogP contribution is -2.37. The van der Waals surface area contributed by atoms with Crippen LogP contribution in [0.4, 0.5) is 10.1 Å². The van der Waals surface area contributed by atoms with E-state index < -0.39 is 22.3 Å². The molecule has 102 valence electrons. The number of nitrogens with one attached hydrogen (secondary N) is 2. The maximum absolute atomic E-state index is 13.1. The van der Waals surface area contributed by atoms with Crippen molar-refractivity contribution in [3.05, 3.63) is 39.7 Å². The van der Waals surface area contributed by atoms with Crippen molar-refractivity contribution in [1.82, 2.24) is 10.6 Å². The van der Waals surface area contributed by atoms with E-state index in [1.165, 1.54) is 0 Å². The van der Waals surface area contributed by atoms with E-state index in [-0.39, 0.29) is 11.6 Å². The number of hydrogen-bond acceptors (Lipinski definition) is 4. The number of hydrogen-bond donors (Lipinski definition) is 2. The monoisotopic (exact) mass is 267 g/mol. The summed E-state index contributed by atoms with van der Waals surface area (Å²) in [7, 11) is 0. The van der Waals surface area contributed by atoms with Crippen molar-refractivity contribution in [3.8, 4) is 0 Å². The molecular formula is C12H14FN3O3. The first kappa shape index (κ1) is 13.4. The van der Waals surface area contributed by atoms with Gasteiger partial charge in [0.2, 0.25) is 0 Å². The number of nitrogens with zero attached hydrogens (tertiary/aromatic N) is 1. The molecule has 1 aliphatic rings. The number of carbonyl (C=O) groups excluding carboxylic acids is 1. The third kappa shape index (κ3) is 3.25. The number of nitro benzene ring substituents is 1. The van der Waals surface area contributed by atoms with Gasteiger partial charge in [0.1, 0.15) is 11.4 Å². The summed E-state index contributed by atoms with van der Waals surface area (Å²) in [6.07, 6.45) is 1.99. The molecule has 2 rings (SSSR count). The molecule has 6 nitrogen and oxygen atoms in total. The molecule has 1 saturated heterocycles. The van der Waals surface area contributed by atoms with Gasteiger partial charge in [-0.05, 0) is 31.5 Å². The molecule has 1 heterocycles. The van der Waals surface area contributed by atoms with Crippen LogP contribution in [0, 0.1) is 15.9 Å². The molecule has 0 radical (unpaired) electrons. The SMILES string of the molecule is O=C(NCC1CCCN1)c1cc(F)ccc1[N+](=O)[O-]. The van der Waals surface area contributed by atoms with E-state index in [9.17, 15) is 19.3 Å². The highest BCUT2D eigenvalue weighted by atomic mass is 19.1. The fourth-order valence-corrected chi connectivity index (χ4v) is 2.09. The molecule has 7 heteroatoms. The molecule has 1 aromatic rings. The van der Waals surface area contributed by atoms with Crippen LogP contribution in [-0.2, 0) is 0 Å². The molecule has 1 fully saturated rings. The first-order valence-electron chi connectivity index (χ1n) is 6.03. The van der Waals surface area contributed by atoms with Crippen LogP contribution in [0.15, 0.2) is 18.2 Å². The molecule has 0 saturated carbocycles. The van der Waals surface area contributed by atoms with E-state index in [1.54, 1.807) is 0 Å². The second-order valence-corrected chi connectivity index (χ2v) is 4.42. The summed E-state index contributed by atoms with van der Waals surface area (Å²) < 4.78 is 13.1. The smallest absolute Gasteiger partial charge is 0.282 e. The van der Waals surface area contributed by atoms with E-state index in [1.807, 2.05) is 0 Å². The average Bonchev–Trinajstić information content (AvgIpc) is 2.88. The molecule has 1 aliphatic heterocycles. The van der Waals surface area contributed by atoms with Gasteiger partial charge in [0.25, 0.3) is 11.6 Å². The Morgan fingerprint density at radius 2 is 2.37 bits per heavy atom. The van der Waals surface area contributed by atoms with Crippen molar-refractivity contribution in [3.63, 3.8) is 0 Å². The summed E-state index contributed by atoms with van der Waals surface area (Å²) in [5.41, 5.74) is -0.638. The number of carbonyl (C=O) groups is 1. The third-order valence-corrected chi connectivity index (χ3v) is 3.07. The minimum Gasteiger partial charge on any atom is -0.350 e. The molecule has 0 bridgehead atoms. The Kier molecular flexibility index (Phi) is 4.06. The summed E-state index contributed by atoms with van der Waals surface area (Å²) in [6, 6.07) is 3.03. The molecule has 1 atom stereocenters. The van der Waals surface area contributed by atoms with E-state index >= 15 is 0 Å². The molecule has 2 N–H and O–H groups in total. The van der Waals surface area contributed by atoms with Crippen molar-refractivity contribution in [2.75, 3.05) is 13.1 Å². The topological polar surface area (TPSA) is 84.3 Å². The van der Waals surface area contributed by atoms with Gasteiger partial charge in [0.05, 0.1) is 4.92 Å². The fourth-order valence-electron chi connectivity index (χ4n) is 2.09. The summed E-state index contributed by atoms with van der Waals surface area (Å²) in [5.74, 6) is -1.30. The molecule has 1 aromatic carbocycles. The Morgan fingerprint density at radius 1 is 1.58 bits per heavy atom. The van der Waals surface area contributed by atoms with Crippen molar-refractivity contribution in [2.45, 2.75) is 18.9 Å². The zero-order chi connectivity index (χ0) is 13.8. The lowest BCUT2D eigenvalue weighted by molar-refractivity contribution is -0.385. The van der Waals surface area contributed by atoms with Gasteiger partial charge in [0.15, 0.2) is 0 Å². The van der Waals surface area contributed by atoms with Gasteiger partial charge < -0.3 is 10.6 Å². The Hall–Kier alpha value is -2.02. The molecule has 0 aromatic heterocycles. The van der Waals surface area contributed by atoms with Crippen molar-refractivity contribution >= 4 is 11.6 Å². The number of rotatable bonds is 4. The zero-order valence-electron chi connectivity index (χ0n) is 10.2. The Balaban J connectivity index is 2.08. The summed E-state index contributed by atoms with van der Waals surface area (Å²) in [5, 5.41) is 16.6. The maximum atomic E-state index is 13.1. The van der Waals surface area contributed by atoms with Crippen LogP contribution in [0.3, 0.4) is 0 Å².